The van der Waals surface area contributed by atoms with Crippen LogP contribution in [0.3, 0.4) is 0 Å². The molecule has 12 rings (SSSR count). The fourth-order valence-corrected chi connectivity index (χ4v) is 9.98. The lowest BCUT2D eigenvalue weighted by Gasteiger charge is -2.19. The van der Waals surface area contributed by atoms with Gasteiger partial charge in [-0.2, -0.15) is 0 Å². The molecule has 0 heterocycles. The summed E-state index contributed by atoms with van der Waals surface area (Å²) in [5.74, 6) is 0. The van der Waals surface area contributed by atoms with Crippen LogP contribution in [0.25, 0.3) is 121 Å². The minimum atomic E-state index is 1.19. The lowest BCUT2D eigenvalue weighted by molar-refractivity contribution is 1.61. The molecule has 0 saturated heterocycles. The normalized spacial score (nSPS) is 11.5. The minimum Gasteiger partial charge on any atom is -0.0622 e. The van der Waals surface area contributed by atoms with Crippen molar-refractivity contribution in [2.24, 2.45) is 0 Å². The van der Waals surface area contributed by atoms with Gasteiger partial charge in [0.25, 0.3) is 0 Å². The molecule has 0 bridgehead atoms. The van der Waals surface area contributed by atoms with E-state index in [1.54, 1.807) is 0 Å². The molecule has 62 heavy (non-hydrogen) atoms. The van der Waals surface area contributed by atoms with Crippen molar-refractivity contribution in [3.8, 4) is 66.8 Å². The molecule has 0 nitrogen and oxygen atoms in total. The maximum Gasteiger partial charge on any atom is -0.00201 e. The predicted octanol–water partition coefficient (Wildman–Crippen LogP) is 17.5. The van der Waals surface area contributed by atoms with E-state index in [2.05, 4.69) is 243 Å². The van der Waals surface area contributed by atoms with E-state index in [1.165, 1.54) is 121 Å². The molecular weight excluding hydrogens is 745 g/mol. The molecule has 0 heteroatoms. The third-order valence-electron chi connectivity index (χ3n) is 12.8. The Labute approximate surface area is 361 Å². The number of rotatable bonds is 6. The second-order valence-electron chi connectivity index (χ2n) is 16.3. The molecule has 0 aliphatic heterocycles. The molecule has 0 aromatic heterocycles. The Kier molecular flexibility index (Phi) is 8.61. The van der Waals surface area contributed by atoms with E-state index in [9.17, 15) is 0 Å². The molecule has 0 amide bonds. The van der Waals surface area contributed by atoms with E-state index in [4.69, 9.17) is 0 Å². The standard InChI is InChI=1S/C62H40/c1-3-17-43(18-4-1)61-53-25-10-9-24-51(53)52-37-36-49(40-58(52)62(61)44-19-5-2-6-20-44)42-30-33-45(34-31-42)59-54-26-11-13-28-56(54)60(57-29-14-12-27-55(57)59)50-23-15-22-47(39-50)48-35-32-41-16-7-8-21-46(41)38-48/h1-40H. The highest BCUT2D eigenvalue weighted by molar-refractivity contribution is 6.23. The van der Waals surface area contributed by atoms with Gasteiger partial charge < -0.3 is 0 Å². The first-order chi connectivity index (χ1) is 30.8. The van der Waals surface area contributed by atoms with E-state index in [0.717, 1.165) is 0 Å². The van der Waals surface area contributed by atoms with Crippen LogP contribution in [0.2, 0.25) is 0 Å². The topological polar surface area (TPSA) is 0 Å². The van der Waals surface area contributed by atoms with Crippen LogP contribution in [-0.2, 0) is 0 Å². The van der Waals surface area contributed by atoms with E-state index < -0.39 is 0 Å². The molecule has 0 unspecified atom stereocenters. The lowest BCUT2D eigenvalue weighted by atomic mass is 9.84. The van der Waals surface area contributed by atoms with E-state index >= 15 is 0 Å². The van der Waals surface area contributed by atoms with Crippen LogP contribution in [0.15, 0.2) is 243 Å². The van der Waals surface area contributed by atoms with Gasteiger partial charge in [-0.25, -0.2) is 0 Å². The quantitative estimate of drug-likeness (QED) is 0.116. The second-order valence-corrected chi connectivity index (χ2v) is 16.3. The third kappa shape index (κ3) is 5.99. The van der Waals surface area contributed by atoms with Crippen LogP contribution in [-0.4, -0.2) is 0 Å². The van der Waals surface area contributed by atoms with Gasteiger partial charge in [0.05, 0.1) is 0 Å². The first kappa shape index (κ1) is 35.8. The first-order valence-electron chi connectivity index (χ1n) is 21.5. The van der Waals surface area contributed by atoms with E-state index in [-0.39, 0.29) is 0 Å². The van der Waals surface area contributed by atoms with Crippen molar-refractivity contribution in [3.63, 3.8) is 0 Å². The number of benzene rings is 12. The second kappa shape index (κ2) is 14.9. The van der Waals surface area contributed by atoms with Gasteiger partial charge >= 0.3 is 0 Å². The molecule has 0 spiro atoms. The van der Waals surface area contributed by atoms with Crippen molar-refractivity contribution in [2.45, 2.75) is 0 Å². The Morgan fingerprint density at radius 3 is 1.15 bits per heavy atom. The smallest absolute Gasteiger partial charge is 0.00201 e. The van der Waals surface area contributed by atoms with Gasteiger partial charge in [-0.15, -0.1) is 0 Å². The van der Waals surface area contributed by atoms with Crippen molar-refractivity contribution < 1.29 is 0 Å². The van der Waals surface area contributed by atoms with E-state index in [0.29, 0.717) is 0 Å². The molecule has 0 atom stereocenters. The number of hydrogen-bond donors (Lipinski definition) is 0. The largest absolute Gasteiger partial charge is 0.0622 e. The summed E-state index contributed by atoms with van der Waals surface area (Å²) in [5, 5.41) is 12.6. The third-order valence-corrected chi connectivity index (χ3v) is 12.8. The minimum absolute atomic E-state index is 1.19. The highest BCUT2D eigenvalue weighted by atomic mass is 14.2. The zero-order chi connectivity index (χ0) is 41.0. The van der Waals surface area contributed by atoms with Gasteiger partial charge in [-0.05, 0) is 139 Å². The highest BCUT2D eigenvalue weighted by Crippen LogP contribution is 2.47. The fourth-order valence-electron chi connectivity index (χ4n) is 9.98. The van der Waals surface area contributed by atoms with Crippen molar-refractivity contribution in [3.05, 3.63) is 243 Å². The highest BCUT2D eigenvalue weighted by Gasteiger charge is 2.20. The van der Waals surface area contributed by atoms with Crippen LogP contribution < -0.4 is 0 Å². The Morgan fingerprint density at radius 1 is 0.145 bits per heavy atom. The SMILES string of the molecule is c1ccc(-c2c(-c3ccccc3)c3cc(-c4ccc(-c5c6ccccc6c(-c6cccc(-c7ccc8ccccc8c7)c6)c6ccccc56)cc4)ccc3c3ccccc23)cc1. The van der Waals surface area contributed by atoms with Crippen LogP contribution in [0, 0.1) is 0 Å². The molecule has 0 saturated carbocycles. The molecule has 12 aromatic carbocycles. The van der Waals surface area contributed by atoms with E-state index in [1.807, 2.05) is 0 Å². The van der Waals surface area contributed by atoms with Gasteiger partial charge in [0.2, 0.25) is 0 Å². The Morgan fingerprint density at radius 2 is 0.516 bits per heavy atom. The zero-order valence-corrected chi connectivity index (χ0v) is 34.1. The summed E-state index contributed by atoms with van der Waals surface area (Å²) in [6.07, 6.45) is 0. The molecule has 0 radical (unpaired) electrons. The van der Waals surface area contributed by atoms with Gasteiger partial charge in [-0.3, -0.25) is 0 Å². The predicted molar refractivity (Wildman–Crippen MR) is 267 cm³/mol. The average molecular weight is 785 g/mol. The number of hydrogen-bond acceptors (Lipinski definition) is 0. The molecule has 0 fully saturated rings. The van der Waals surface area contributed by atoms with Gasteiger partial charge in [0, 0.05) is 0 Å². The van der Waals surface area contributed by atoms with Crippen LogP contribution in [0.1, 0.15) is 0 Å². The Balaban J connectivity index is 1.00. The summed E-state index contributed by atoms with van der Waals surface area (Å²) in [5.41, 5.74) is 14.8. The summed E-state index contributed by atoms with van der Waals surface area (Å²) >= 11 is 0. The molecule has 0 aliphatic rings. The fraction of sp³-hybridized carbons (Fsp3) is 0. The van der Waals surface area contributed by atoms with Crippen molar-refractivity contribution in [1.29, 1.82) is 0 Å². The summed E-state index contributed by atoms with van der Waals surface area (Å²) < 4.78 is 0. The molecule has 288 valence electrons. The summed E-state index contributed by atoms with van der Waals surface area (Å²) in [7, 11) is 0. The average Bonchev–Trinajstić information content (AvgIpc) is 3.35. The Bertz CT molecular complexity index is 3600. The summed E-state index contributed by atoms with van der Waals surface area (Å²) in [4.78, 5) is 0. The summed E-state index contributed by atoms with van der Waals surface area (Å²) in [6.45, 7) is 0. The zero-order valence-electron chi connectivity index (χ0n) is 34.1. The maximum absolute atomic E-state index is 2.41. The lowest BCUT2D eigenvalue weighted by Crippen LogP contribution is -1.92. The molecule has 0 aliphatic carbocycles. The summed E-state index contributed by atoms with van der Waals surface area (Å²) in [6, 6.07) is 89.3. The van der Waals surface area contributed by atoms with Gasteiger partial charge in [0.15, 0.2) is 0 Å². The molecule has 0 N–H and O–H groups in total. The molecule has 12 aromatic rings. The van der Waals surface area contributed by atoms with Gasteiger partial charge in [0.1, 0.15) is 0 Å². The van der Waals surface area contributed by atoms with Crippen molar-refractivity contribution >= 4 is 53.9 Å². The van der Waals surface area contributed by atoms with Crippen LogP contribution in [0.5, 0.6) is 0 Å². The van der Waals surface area contributed by atoms with Gasteiger partial charge in [-0.1, -0.05) is 224 Å². The van der Waals surface area contributed by atoms with Crippen LogP contribution in [0.4, 0.5) is 0 Å². The van der Waals surface area contributed by atoms with Crippen LogP contribution >= 0.6 is 0 Å². The van der Waals surface area contributed by atoms with Crippen molar-refractivity contribution in [2.75, 3.05) is 0 Å². The molecular formula is C62H40. The van der Waals surface area contributed by atoms with Crippen molar-refractivity contribution in [1.82, 2.24) is 0 Å². The maximum atomic E-state index is 2.41. The Hall–Kier alpha value is -8.06. The monoisotopic (exact) mass is 784 g/mol. The number of fused-ring (bicyclic) bond motifs is 6. The first-order valence-corrected chi connectivity index (χ1v) is 21.5.